The van der Waals surface area contributed by atoms with Gasteiger partial charge in [-0.25, -0.2) is 0 Å². The maximum atomic E-state index is 4.46. The normalized spacial score (nSPS) is 16.0. The molecule has 1 saturated heterocycles. The van der Waals surface area contributed by atoms with Crippen molar-refractivity contribution in [2.24, 2.45) is 10.9 Å². The monoisotopic (exact) mass is 485 g/mol. The van der Waals surface area contributed by atoms with Crippen molar-refractivity contribution >= 4 is 35.6 Å². The molecule has 0 amide bonds. The molecule has 27 heavy (non-hydrogen) atoms. The molecule has 0 bridgehead atoms. The second kappa shape index (κ2) is 10.8. The number of piperazine rings is 1. The third-order valence-electron chi connectivity index (χ3n) is 4.75. The molecule has 0 atom stereocenters. The molecule has 2 aromatic heterocycles. The van der Waals surface area contributed by atoms with Crippen molar-refractivity contribution in [2.75, 3.05) is 46.3 Å². The molecule has 1 fully saturated rings. The Kier molecular flexibility index (Phi) is 8.75. The van der Waals surface area contributed by atoms with Crippen molar-refractivity contribution in [3.63, 3.8) is 0 Å². The number of hydrogen-bond donors (Lipinski definition) is 1. The van der Waals surface area contributed by atoms with Crippen LogP contribution in [0.15, 0.2) is 29.4 Å². The molecule has 1 aliphatic heterocycles. The number of halogens is 1. The number of rotatable bonds is 6. The molecule has 1 aliphatic rings. The summed E-state index contributed by atoms with van der Waals surface area (Å²) in [5.74, 6) is 2.76. The lowest BCUT2D eigenvalue weighted by Gasteiger charge is -2.37. The summed E-state index contributed by atoms with van der Waals surface area (Å²) in [6.45, 7) is 11.0. The minimum Gasteiger partial charge on any atom is -0.356 e. The van der Waals surface area contributed by atoms with E-state index in [-0.39, 0.29) is 24.0 Å². The lowest BCUT2D eigenvalue weighted by Crippen LogP contribution is -2.53. The van der Waals surface area contributed by atoms with Gasteiger partial charge in [-0.05, 0) is 24.5 Å². The first kappa shape index (κ1) is 21.9. The summed E-state index contributed by atoms with van der Waals surface area (Å²) in [7, 11) is 1.87. The highest BCUT2D eigenvalue weighted by Crippen LogP contribution is 2.07. The highest BCUT2D eigenvalue weighted by molar-refractivity contribution is 14.0. The second-order valence-corrected chi connectivity index (χ2v) is 7.30. The molecular weight excluding hydrogens is 453 g/mol. The predicted molar refractivity (Wildman–Crippen MR) is 121 cm³/mol. The molecule has 0 aromatic carbocycles. The smallest absolute Gasteiger partial charge is 0.193 e. The largest absolute Gasteiger partial charge is 0.356 e. The van der Waals surface area contributed by atoms with Gasteiger partial charge in [0.05, 0.1) is 0 Å². The third-order valence-corrected chi connectivity index (χ3v) is 4.75. The van der Waals surface area contributed by atoms with Crippen molar-refractivity contribution in [3.8, 4) is 0 Å². The maximum Gasteiger partial charge on any atom is 0.193 e. The van der Waals surface area contributed by atoms with Gasteiger partial charge in [0.25, 0.3) is 0 Å². The van der Waals surface area contributed by atoms with E-state index in [9.17, 15) is 0 Å². The van der Waals surface area contributed by atoms with Crippen LogP contribution in [0, 0.1) is 5.92 Å². The Hall–Kier alpha value is -1.42. The molecule has 0 spiro atoms. The predicted octanol–water partition coefficient (Wildman–Crippen LogP) is 2.13. The molecule has 0 saturated carbocycles. The quantitative estimate of drug-likeness (QED) is 0.294. The fourth-order valence-electron chi connectivity index (χ4n) is 3.50. The van der Waals surface area contributed by atoms with Crippen LogP contribution in [0.1, 0.15) is 26.1 Å². The number of aryl methyl sites for hydroxylation is 1. The third kappa shape index (κ3) is 6.03. The number of fused-ring (bicyclic) bond motifs is 1. The zero-order chi connectivity index (χ0) is 18.4. The van der Waals surface area contributed by atoms with Crippen LogP contribution in [0.25, 0.3) is 5.65 Å². The summed E-state index contributed by atoms with van der Waals surface area (Å²) >= 11 is 0. The van der Waals surface area contributed by atoms with Gasteiger partial charge < -0.3 is 10.2 Å². The first-order valence-corrected chi connectivity index (χ1v) is 9.64. The first-order valence-electron chi connectivity index (χ1n) is 9.64. The van der Waals surface area contributed by atoms with Crippen LogP contribution >= 0.6 is 24.0 Å². The molecule has 8 heteroatoms. The van der Waals surface area contributed by atoms with Crippen LogP contribution in [0.5, 0.6) is 0 Å². The Morgan fingerprint density at radius 2 is 1.96 bits per heavy atom. The zero-order valence-electron chi connectivity index (χ0n) is 16.6. The van der Waals surface area contributed by atoms with Gasteiger partial charge in [-0.15, -0.1) is 34.2 Å². The van der Waals surface area contributed by atoms with Gasteiger partial charge in [0.1, 0.15) is 5.82 Å². The van der Waals surface area contributed by atoms with E-state index in [0.717, 1.165) is 68.9 Å². The lowest BCUT2D eigenvalue weighted by atomic mass is 10.2. The zero-order valence-corrected chi connectivity index (χ0v) is 19.0. The summed E-state index contributed by atoms with van der Waals surface area (Å²) < 4.78 is 2.06. The molecule has 150 valence electrons. The Bertz CT molecular complexity index is 720. The number of nitrogens with one attached hydrogen (secondary N) is 1. The van der Waals surface area contributed by atoms with E-state index in [0.29, 0.717) is 0 Å². The number of nitrogens with zero attached hydrogens (tertiary/aromatic N) is 6. The number of aromatic nitrogens is 3. The fraction of sp³-hybridized carbons (Fsp3) is 0.632. The van der Waals surface area contributed by atoms with Crippen molar-refractivity contribution in [1.29, 1.82) is 0 Å². The summed E-state index contributed by atoms with van der Waals surface area (Å²) in [6, 6.07) is 5.98. The van der Waals surface area contributed by atoms with Gasteiger partial charge in [-0.3, -0.25) is 14.3 Å². The van der Waals surface area contributed by atoms with Crippen LogP contribution in [-0.4, -0.2) is 76.7 Å². The molecule has 0 aliphatic carbocycles. The van der Waals surface area contributed by atoms with Crippen molar-refractivity contribution in [1.82, 2.24) is 29.7 Å². The average Bonchev–Trinajstić information content (AvgIpc) is 3.05. The second-order valence-electron chi connectivity index (χ2n) is 7.30. The fourth-order valence-corrected chi connectivity index (χ4v) is 3.50. The number of guanidine groups is 1. The lowest BCUT2D eigenvalue weighted by molar-refractivity contribution is 0.164. The van der Waals surface area contributed by atoms with Crippen LogP contribution in [-0.2, 0) is 6.42 Å². The van der Waals surface area contributed by atoms with E-state index in [2.05, 4.69) is 48.6 Å². The van der Waals surface area contributed by atoms with Crippen LogP contribution in [0.3, 0.4) is 0 Å². The van der Waals surface area contributed by atoms with Crippen molar-refractivity contribution in [2.45, 2.75) is 26.7 Å². The molecule has 3 rings (SSSR count). The molecule has 2 aromatic rings. The maximum absolute atomic E-state index is 4.46. The number of aliphatic imine (C=N–C) groups is 1. The Balaban J connectivity index is 0.00000261. The Morgan fingerprint density at radius 1 is 1.19 bits per heavy atom. The first-order chi connectivity index (χ1) is 12.7. The van der Waals surface area contributed by atoms with E-state index in [1.165, 1.54) is 6.54 Å². The molecule has 7 nitrogen and oxygen atoms in total. The van der Waals surface area contributed by atoms with Gasteiger partial charge in [0.15, 0.2) is 11.6 Å². The van der Waals surface area contributed by atoms with E-state index in [1.807, 2.05) is 31.4 Å². The summed E-state index contributed by atoms with van der Waals surface area (Å²) in [4.78, 5) is 9.37. The summed E-state index contributed by atoms with van der Waals surface area (Å²) in [6.07, 6.45) is 3.92. The van der Waals surface area contributed by atoms with E-state index < -0.39 is 0 Å². The minimum atomic E-state index is 0. The topological polar surface area (TPSA) is 61.1 Å². The summed E-state index contributed by atoms with van der Waals surface area (Å²) in [5.41, 5.74) is 0.908. The minimum absolute atomic E-state index is 0. The van der Waals surface area contributed by atoms with Crippen LogP contribution in [0.4, 0.5) is 0 Å². The van der Waals surface area contributed by atoms with E-state index in [1.54, 1.807) is 0 Å². The summed E-state index contributed by atoms with van der Waals surface area (Å²) in [5, 5.41) is 12.0. The van der Waals surface area contributed by atoms with Crippen LogP contribution < -0.4 is 5.32 Å². The van der Waals surface area contributed by atoms with E-state index in [4.69, 9.17) is 0 Å². The molecule has 1 N–H and O–H groups in total. The van der Waals surface area contributed by atoms with Gasteiger partial charge in [0.2, 0.25) is 0 Å². The standard InChI is InChI=1S/C19H31N7.HI/c1-16(2)15-24-11-13-25(14-12-24)19(20-3)21-9-6-8-18-23-22-17-7-4-5-10-26(17)18;/h4-5,7,10,16H,6,8-9,11-15H2,1-3H3,(H,20,21);1H. The molecular formula is C19H32IN7. The van der Waals surface area contributed by atoms with Gasteiger partial charge in [-0.2, -0.15) is 0 Å². The Morgan fingerprint density at radius 3 is 2.67 bits per heavy atom. The molecule has 0 radical (unpaired) electrons. The van der Waals surface area contributed by atoms with Gasteiger partial charge in [0, 0.05) is 58.9 Å². The number of pyridine rings is 1. The molecule has 3 heterocycles. The average molecular weight is 485 g/mol. The van der Waals surface area contributed by atoms with Crippen molar-refractivity contribution < 1.29 is 0 Å². The van der Waals surface area contributed by atoms with Crippen molar-refractivity contribution in [3.05, 3.63) is 30.2 Å². The Labute approximate surface area is 179 Å². The van der Waals surface area contributed by atoms with E-state index >= 15 is 0 Å². The molecule has 0 unspecified atom stereocenters. The highest BCUT2D eigenvalue weighted by Gasteiger charge is 2.19. The number of hydrogen-bond acceptors (Lipinski definition) is 4. The SMILES string of the molecule is CN=C(NCCCc1nnc2ccccn12)N1CCN(CC(C)C)CC1.I. The van der Waals surface area contributed by atoms with Crippen LogP contribution in [0.2, 0.25) is 0 Å². The van der Waals surface area contributed by atoms with Gasteiger partial charge in [-0.1, -0.05) is 19.9 Å². The van der Waals surface area contributed by atoms with Gasteiger partial charge >= 0.3 is 0 Å². The highest BCUT2D eigenvalue weighted by atomic mass is 127.